The SMILES string of the molecule is CBr.CN1[C@@H]2CC[C@H]1C[C@@H](OC(=O)C(CO)c1ccccc1)C2. The van der Waals surface area contributed by atoms with Crippen LogP contribution in [0.1, 0.15) is 37.2 Å². The predicted molar refractivity (Wildman–Crippen MR) is 94.8 cm³/mol. The number of fused-ring (bicyclic) bond motifs is 2. The zero-order valence-electron chi connectivity index (χ0n) is 13.8. The highest BCUT2D eigenvalue weighted by molar-refractivity contribution is 9.08. The molecule has 1 N–H and O–H groups in total. The molecule has 0 saturated carbocycles. The number of carbonyl (C=O) groups excluding carboxylic acids is 1. The Morgan fingerprint density at radius 2 is 1.83 bits per heavy atom. The Morgan fingerprint density at radius 3 is 2.35 bits per heavy atom. The summed E-state index contributed by atoms with van der Waals surface area (Å²) >= 11 is 2.94. The van der Waals surface area contributed by atoms with Crippen molar-refractivity contribution < 1.29 is 14.6 Å². The van der Waals surface area contributed by atoms with Crippen molar-refractivity contribution >= 4 is 21.9 Å². The van der Waals surface area contributed by atoms with Crippen molar-refractivity contribution in [3.05, 3.63) is 35.9 Å². The maximum Gasteiger partial charge on any atom is 0.316 e. The molecule has 2 fully saturated rings. The number of esters is 1. The molecule has 2 aliphatic heterocycles. The highest BCUT2D eigenvalue weighted by Crippen LogP contribution is 2.36. The van der Waals surface area contributed by atoms with E-state index in [1.807, 2.05) is 36.2 Å². The first-order valence-electron chi connectivity index (χ1n) is 8.15. The largest absolute Gasteiger partial charge is 0.462 e. The van der Waals surface area contributed by atoms with Gasteiger partial charge in [-0.25, -0.2) is 0 Å². The van der Waals surface area contributed by atoms with E-state index in [1.165, 1.54) is 12.8 Å². The number of piperidine rings is 1. The number of aliphatic hydroxyl groups excluding tert-OH is 1. The van der Waals surface area contributed by atoms with Crippen molar-refractivity contribution in [3.63, 3.8) is 0 Å². The molecule has 1 aromatic rings. The van der Waals surface area contributed by atoms with Crippen LogP contribution in [-0.2, 0) is 9.53 Å². The molecular formula is C18H26BrNO3. The molecule has 0 radical (unpaired) electrons. The third-order valence-electron chi connectivity index (χ3n) is 5.01. The van der Waals surface area contributed by atoms with E-state index in [9.17, 15) is 9.90 Å². The number of aliphatic hydroxyl groups is 1. The van der Waals surface area contributed by atoms with E-state index in [0.717, 1.165) is 18.4 Å². The first kappa shape index (κ1) is 18.4. The Hall–Kier alpha value is -0.910. The van der Waals surface area contributed by atoms with Gasteiger partial charge in [0.2, 0.25) is 0 Å². The standard InChI is InChI=1S/C17H23NO3.CH3Br/c1-18-13-7-8-14(18)10-15(9-13)21-17(20)16(11-19)12-5-3-2-4-6-12;1-2/h2-6,13-16,19H,7-11H2,1H3;1H3/t13-,14+,15+,16?;. The van der Waals surface area contributed by atoms with Crippen LogP contribution in [-0.4, -0.2) is 53.7 Å². The minimum Gasteiger partial charge on any atom is -0.462 e. The van der Waals surface area contributed by atoms with E-state index < -0.39 is 5.92 Å². The third kappa shape index (κ3) is 4.34. The van der Waals surface area contributed by atoms with E-state index >= 15 is 0 Å². The van der Waals surface area contributed by atoms with Crippen LogP contribution in [0, 0.1) is 0 Å². The molecule has 1 unspecified atom stereocenters. The monoisotopic (exact) mass is 383 g/mol. The van der Waals surface area contributed by atoms with Gasteiger partial charge in [-0.3, -0.25) is 4.79 Å². The Morgan fingerprint density at radius 1 is 1.26 bits per heavy atom. The summed E-state index contributed by atoms with van der Waals surface area (Å²) in [6, 6.07) is 10.5. The molecule has 4 atom stereocenters. The summed E-state index contributed by atoms with van der Waals surface area (Å²) in [6.07, 6.45) is 4.26. The number of rotatable bonds is 4. The average Bonchev–Trinajstić information content (AvgIpc) is 2.79. The summed E-state index contributed by atoms with van der Waals surface area (Å²) in [4.78, 5) is 14.8. The first-order chi connectivity index (χ1) is 11.2. The van der Waals surface area contributed by atoms with Crippen molar-refractivity contribution in [1.29, 1.82) is 0 Å². The summed E-state index contributed by atoms with van der Waals surface area (Å²) in [6.45, 7) is -0.206. The lowest BCUT2D eigenvalue weighted by molar-refractivity contribution is -0.155. The van der Waals surface area contributed by atoms with Gasteiger partial charge in [0, 0.05) is 12.1 Å². The number of halogens is 1. The second-order valence-corrected chi connectivity index (χ2v) is 6.23. The zero-order chi connectivity index (χ0) is 16.8. The molecule has 23 heavy (non-hydrogen) atoms. The quantitative estimate of drug-likeness (QED) is 0.641. The summed E-state index contributed by atoms with van der Waals surface area (Å²) in [7, 11) is 2.17. The van der Waals surface area contributed by atoms with E-state index in [2.05, 4.69) is 27.9 Å². The van der Waals surface area contributed by atoms with Gasteiger partial charge in [-0.1, -0.05) is 46.3 Å². The summed E-state index contributed by atoms with van der Waals surface area (Å²) in [5.41, 5.74) is 0.820. The van der Waals surface area contributed by atoms with Crippen molar-refractivity contribution in [2.24, 2.45) is 0 Å². The van der Waals surface area contributed by atoms with Crippen LogP contribution in [0.15, 0.2) is 30.3 Å². The lowest BCUT2D eigenvalue weighted by atomic mass is 9.98. The topological polar surface area (TPSA) is 49.8 Å². The number of alkyl halides is 1. The molecule has 2 heterocycles. The number of carbonyl (C=O) groups is 1. The highest BCUT2D eigenvalue weighted by Gasteiger charge is 2.40. The number of benzene rings is 1. The van der Waals surface area contributed by atoms with Crippen LogP contribution >= 0.6 is 15.9 Å². The molecule has 2 aliphatic rings. The van der Waals surface area contributed by atoms with Gasteiger partial charge in [-0.2, -0.15) is 0 Å². The lowest BCUT2D eigenvalue weighted by Gasteiger charge is -2.36. The van der Waals surface area contributed by atoms with Crippen LogP contribution < -0.4 is 0 Å². The maximum absolute atomic E-state index is 12.4. The number of ether oxygens (including phenoxy) is 1. The van der Waals surface area contributed by atoms with Gasteiger partial charge in [0.15, 0.2) is 0 Å². The number of hydrogen-bond acceptors (Lipinski definition) is 4. The molecule has 0 spiro atoms. The molecule has 0 aliphatic carbocycles. The fourth-order valence-electron chi connectivity index (χ4n) is 3.71. The normalized spacial score (nSPS) is 27.7. The van der Waals surface area contributed by atoms with E-state index in [1.54, 1.807) is 0 Å². The van der Waals surface area contributed by atoms with Crippen LogP contribution in [0.5, 0.6) is 0 Å². The van der Waals surface area contributed by atoms with Gasteiger partial charge >= 0.3 is 5.97 Å². The fraction of sp³-hybridized carbons (Fsp3) is 0.611. The molecule has 0 aromatic heterocycles. The molecule has 1 aromatic carbocycles. The second-order valence-electron chi connectivity index (χ2n) is 6.23. The highest BCUT2D eigenvalue weighted by atomic mass is 79.9. The molecular weight excluding hydrogens is 358 g/mol. The van der Waals surface area contributed by atoms with Crippen molar-refractivity contribution in [2.45, 2.75) is 49.8 Å². The molecule has 5 heteroatoms. The van der Waals surface area contributed by atoms with Gasteiger partial charge in [0.25, 0.3) is 0 Å². The van der Waals surface area contributed by atoms with E-state index in [4.69, 9.17) is 4.74 Å². The zero-order valence-corrected chi connectivity index (χ0v) is 15.4. The minimum absolute atomic E-state index is 0.00367. The second kappa shape index (κ2) is 8.81. The van der Waals surface area contributed by atoms with Crippen molar-refractivity contribution in [2.75, 3.05) is 19.5 Å². The Balaban J connectivity index is 0.000000924. The maximum atomic E-state index is 12.4. The summed E-state index contributed by atoms with van der Waals surface area (Å²) < 4.78 is 5.70. The smallest absolute Gasteiger partial charge is 0.316 e. The fourth-order valence-corrected chi connectivity index (χ4v) is 3.71. The van der Waals surface area contributed by atoms with Crippen LogP contribution in [0.2, 0.25) is 0 Å². The Kier molecular flexibility index (Phi) is 7.06. The molecule has 2 saturated heterocycles. The third-order valence-corrected chi connectivity index (χ3v) is 5.01. The van der Waals surface area contributed by atoms with Gasteiger partial charge in [0.05, 0.1) is 6.61 Å². The van der Waals surface area contributed by atoms with Crippen LogP contribution in [0.4, 0.5) is 0 Å². The molecule has 4 nitrogen and oxygen atoms in total. The van der Waals surface area contributed by atoms with Gasteiger partial charge in [0.1, 0.15) is 12.0 Å². The van der Waals surface area contributed by atoms with Gasteiger partial charge in [-0.15, -0.1) is 0 Å². The first-order valence-corrected chi connectivity index (χ1v) is 9.73. The van der Waals surface area contributed by atoms with Crippen LogP contribution in [0.3, 0.4) is 0 Å². The molecule has 2 bridgehead atoms. The minimum atomic E-state index is -0.566. The van der Waals surface area contributed by atoms with Crippen molar-refractivity contribution in [1.82, 2.24) is 4.90 Å². The summed E-state index contributed by atoms with van der Waals surface area (Å²) in [5, 5.41) is 9.53. The van der Waals surface area contributed by atoms with Crippen LogP contribution in [0.25, 0.3) is 0 Å². The van der Waals surface area contributed by atoms with Gasteiger partial charge in [-0.05, 0) is 44.1 Å². The van der Waals surface area contributed by atoms with E-state index in [0.29, 0.717) is 12.1 Å². The molecule has 0 amide bonds. The number of hydrogen-bond donors (Lipinski definition) is 1. The molecule has 3 rings (SSSR count). The summed E-state index contributed by atoms with van der Waals surface area (Å²) in [5.74, 6) is 0.952. The lowest BCUT2D eigenvalue weighted by Crippen LogP contribution is -2.43. The van der Waals surface area contributed by atoms with Gasteiger partial charge < -0.3 is 14.7 Å². The predicted octanol–water partition coefficient (Wildman–Crippen LogP) is 2.94. The Labute approximate surface area is 147 Å². The van der Waals surface area contributed by atoms with E-state index in [-0.39, 0.29) is 18.7 Å². The molecule has 128 valence electrons. The Bertz CT molecular complexity index is 482. The number of nitrogens with zero attached hydrogens (tertiary/aromatic N) is 1. The van der Waals surface area contributed by atoms with Crippen molar-refractivity contribution in [3.8, 4) is 0 Å². The average molecular weight is 384 g/mol.